The molecule has 1 aliphatic heterocycles. The van der Waals surface area contributed by atoms with Crippen LogP contribution in [0.25, 0.3) is 11.0 Å². The van der Waals surface area contributed by atoms with Gasteiger partial charge in [0.05, 0.1) is 24.7 Å². The lowest BCUT2D eigenvalue weighted by Gasteiger charge is -2.19. The molecule has 6 nitrogen and oxygen atoms in total. The second-order valence-corrected chi connectivity index (χ2v) is 8.33. The molecule has 1 aromatic heterocycles. The van der Waals surface area contributed by atoms with Gasteiger partial charge in [-0.25, -0.2) is 4.98 Å². The number of benzene rings is 3. The minimum Gasteiger partial charge on any atom is -0.497 e. The van der Waals surface area contributed by atoms with E-state index in [1.165, 1.54) is 0 Å². The Morgan fingerprint density at radius 3 is 2.48 bits per heavy atom. The van der Waals surface area contributed by atoms with Crippen molar-refractivity contribution in [3.63, 3.8) is 0 Å². The van der Waals surface area contributed by atoms with E-state index in [9.17, 15) is 4.79 Å². The number of para-hydroxylation sites is 3. The first-order valence-corrected chi connectivity index (χ1v) is 11.2. The summed E-state index contributed by atoms with van der Waals surface area (Å²) in [7, 11) is 1.65. The van der Waals surface area contributed by atoms with Gasteiger partial charge < -0.3 is 18.9 Å². The predicted octanol–water partition coefficient (Wildman–Crippen LogP) is 4.95. The lowest BCUT2D eigenvalue weighted by molar-refractivity contribution is -0.117. The molecule has 0 saturated carbocycles. The van der Waals surface area contributed by atoms with Gasteiger partial charge in [-0.1, -0.05) is 30.3 Å². The van der Waals surface area contributed by atoms with Crippen molar-refractivity contribution in [2.45, 2.75) is 25.8 Å². The van der Waals surface area contributed by atoms with Crippen molar-refractivity contribution >= 4 is 22.6 Å². The van der Waals surface area contributed by atoms with Gasteiger partial charge in [-0.2, -0.15) is 0 Å². The van der Waals surface area contributed by atoms with Crippen molar-refractivity contribution in [2.24, 2.45) is 0 Å². The molecule has 6 heteroatoms. The third kappa shape index (κ3) is 4.16. The quantitative estimate of drug-likeness (QED) is 0.407. The predicted molar refractivity (Wildman–Crippen MR) is 129 cm³/mol. The van der Waals surface area contributed by atoms with E-state index in [4.69, 9.17) is 14.5 Å². The second-order valence-electron chi connectivity index (χ2n) is 8.33. The molecule has 0 radical (unpaired) electrons. The average Bonchev–Trinajstić information content (AvgIpc) is 3.40. The summed E-state index contributed by atoms with van der Waals surface area (Å²) in [5, 5.41) is 0. The Morgan fingerprint density at radius 2 is 1.70 bits per heavy atom. The maximum Gasteiger partial charge on any atom is 0.227 e. The third-order valence-electron chi connectivity index (χ3n) is 6.22. The Labute approximate surface area is 193 Å². The highest BCUT2D eigenvalue weighted by molar-refractivity contribution is 5.97. The van der Waals surface area contributed by atoms with E-state index in [0.29, 0.717) is 26.1 Å². The maximum absolute atomic E-state index is 12.9. The lowest BCUT2D eigenvalue weighted by Crippen LogP contribution is -2.25. The summed E-state index contributed by atoms with van der Waals surface area (Å²) < 4.78 is 13.4. The van der Waals surface area contributed by atoms with Crippen molar-refractivity contribution < 1.29 is 14.3 Å². The number of rotatable bonds is 7. The van der Waals surface area contributed by atoms with Crippen molar-refractivity contribution in [3.8, 4) is 11.5 Å². The monoisotopic (exact) mass is 441 g/mol. The van der Waals surface area contributed by atoms with Gasteiger partial charge in [0.1, 0.15) is 23.9 Å². The zero-order valence-electron chi connectivity index (χ0n) is 18.9. The van der Waals surface area contributed by atoms with Crippen LogP contribution in [-0.2, 0) is 11.3 Å². The number of carbonyl (C=O) groups is 1. The van der Waals surface area contributed by atoms with Gasteiger partial charge in [-0.15, -0.1) is 0 Å². The molecule has 0 N–H and O–H groups in total. The van der Waals surface area contributed by atoms with E-state index >= 15 is 0 Å². The Hall–Kier alpha value is -3.80. The van der Waals surface area contributed by atoms with E-state index in [1.54, 1.807) is 7.11 Å². The van der Waals surface area contributed by atoms with Crippen molar-refractivity contribution in [1.82, 2.24) is 9.55 Å². The zero-order chi connectivity index (χ0) is 22.8. The number of nitrogens with zero attached hydrogens (tertiary/aromatic N) is 3. The first-order chi connectivity index (χ1) is 16.1. The van der Waals surface area contributed by atoms with Crippen molar-refractivity contribution in [1.29, 1.82) is 0 Å². The van der Waals surface area contributed by atoms with Crippen LogP contribution in [0.15, 0.2) is 72.8 Å². The molecule has 0 aliphatic carbocycles. The number of aromatic nitrogens is 2. The summed E-state index contributed by atoms with van der Waals surface area (Å²) in [6.07, 6.45) is 0.455. The van der Waals surface area contributed by atoms with Gasteiger partial charge in [0.2, 0.25) is 5.91 Å². The number of methoxy groups -OCH3 is 1. The van der Waals surface area contributed by atoms with Crippen LogP contribution in [0.4, 0.5) is 5.69 Å². The molecule has 33 heavy (non-hydrogen) atoms. The van der Waals surface area contributed by atoms with Crippen LogP contribution in [-0.4, -0.2) is 35.7 Å². The van der Waals surface area contributed by atoms with Gasteiger partial charge in [-0.05, 0) is 55.0 Å². The summed E-state index contributed by atoms with van der Waals surface area (Å²) >= 11 is 0. The molecule has 1 fully saturated rings. The summed E-state index contributed by atoms with van der Waals surface area (Å²) in [5.74, 6) is 2.71. The molecule has 4 aromatic rings. The number of hydrogen-bond acceptors (Lipinski definition) is 4. The molecule has 2 heterocycles. The molecule has 1 saturated heterocycles. The van der Waals surface area contributed by atoms with Gasteiger partial charge in [0, 0.05) is 24.6 Å². The molecule has 0 bridgehead atoms. The summed E-state index contributed by atoms with van der Waals surface area (Å²) in [6, 6.07) is 23.7. The third-order valence-corrected chi connectivity index (χ3v) is 6.22. The molecular formula is C27H27N3O3. The second kappa shape index (κ2) is 8.98. The number of carbonyl (C=O) groups excluding carboxylic acids is 1. The van der Waals surface area contributed by atoms with E-state index in [0.717, 1.165) is 39.6 Å². The molecule has 1 amide bonds. The first-order valence-electron chi connectivity index (χ1n) is 11.2. The highest BCUT2D eigenvalue weighted by Crippen LogP contribution is 2.34. The van der Waals surface area contributed by atoms with Gasteiger partial charge in [0.15, 0.2) is 0 Å². The summed E-state index contributed by atoms with van der Waals surface area (Å²) in [4.78, 5) is 19.8. The number of fused-ring (bicyclic) bond motifs is 1. The Bertz CT molecular complexity index is 1280. The average molecular weight is 442 g/mol. The first kappa shape index (κ1) is 21.1. The van der Waals surface area contributed by atoms with Gasteiger partial charge in [0.25, 0.3) is 0 Å². The van der Waals surface area contributed by atoms with Crippen LogP contribution in [0.3, 0.4) is 0 Å². The van der Waals surface area contributed by atoms with Crippen LogP contribution in [0, 0.1) is 6.92 Å². The van der Waals surface area contributed by atoms with E-state index in [2.05, 4.69) is 10.6 Å². The van der Waals surface area contributed by atoms with Crippen molar-refractivity contribution in [2.75, 3.05) is 25.2 Å². The largest absolute Gasteiger partial charge is 0.497 e. The van der Waals surface area contributed by atoms with Crippen LogP contribution in [0.5, 0.6) is 11.5 Å². The van der Waals surface area contributed by atoms with Crippen LogP contribution >= 0.6 is 0 Å². The Morgan fingerprint density at radius 1 is 0.970 bits per heavy atom. The summed E-state index contributed by atoms with van der Waals surface area (Å²) in [6.45, 7) is 3.83. The number of aryl methyl sites for hydroxylation is 1. The SMILES string of the molecule is COc1ccc(OCCn2c([C@@H]3CC(=O)N(c4ccccc4C)C3)nc3ccccc32)cc1. The number of imidazole rings is 1. The number of anilines is 1. The number of hydrogen-bond donors (Lipinski definition) is 0. The highest BCUT2D eigenvalue weighted by atomic mass is 16.5. The Balaban J connectivity index is 1.38. The fourth-order valence-electron chi connectivity index (χ4n) is 4.55. The molecule has 1 atom stereocenters. The molecule has 0 spiro atoms. The number of amides is 1. The van der Waals surface area contributed by atoms with Crippen LogP contribution in [0.2, 0.25) is 0 Å². The van der Waals surface area contributed by atoms with E-state index in [-0.39, 0.29) is 11.8 Å². The molecule has 168 valence electrons. The smallest absolute Gasteiger partial charge is 0.227 e. The van der Waals surface area contributed by atoms with E-state index in [1.807, 2.05) is 78.6 Å². The fraction of sp³-hybridized carbons (Fsp3) is 0.259. The normalized spacial score (nSPS) is 15.9. The topological polar surface area (TPSA) is 56.6 Å². The van der Waals surface area contributed by atoms with Crippen LogP contribution < -0.4 is 14.4 Å². The van der Waals surface area contributed by atoms with Crippen molar-refractivity contribution in [3.05, 3.63) is 84.2 Å². The van der Waals surface area contributed by atoms with Crippen LogP contribution in [0.1, 0.15) is 23.7 Å². The fourth-order valence-corrected chi connectivity index (χ4v) is 4.55. The molecule has 5 rings (SSSR count). The van der Waals surface area contributed by atoms with Gasteiger partial charge in [-0.3, -0.25) is 4.79 Å². The Kier molecular flexibility index (Phi) is 5.73. The standard InChI is InChI=1S/C27H27N3O3/c1-19-7-3-5-9-24(19)30-18-20(17-26(30)31)27-28-23-8-4-6-10-25(23)29(27)15-16-33-22-13-11-21(32-2)12-14-22/h3-14,20H,15-18H2,1-2H3/t20-/m1/s1. The molecule has 3 aromatic carbocycles. The van der Waals surface area contributed by atoms with E-state index < -0.39 is 0 Å². The number of ether oxygens (including phenoxy) is 2. The minimum absolute atomic E-state index is 0.0329. The highest BCUT2D eigenvalue weighted by Gasteiger charge is 2.35. The summed E-state index contributed by atoms with van der Waals surface area (Å²) in [5.41, 5.74) is 4.09. The lowest BCUT2D eigenvalue weighted by atomic mass is 10.1. The molecular weight excluding hydrogens is 414 g/mol. The molecule has 1 aliphatic rings. The maximum atomic E-state index is 12.9. The van der Waals surface area contributed by atoms with Gasteiger partial charge >= 0.3 is 0 Å². The zero-order valence-corrected chi connectivity index (χ0v) is 18.9. The molecule has 0 unspecified atom stereocenters. The minimum atomic E-state index is 0.0329.